The lowest BCUT2D eigenvalue weighted by molar-refractivity contribution is -0.163. The molecule has 1 fully saturated rings. The van der Waals surface area contributed by atoms with Gasteiger partial charge in [0.05, 0.1) is 12.7 Å². The molecule has 0 spiro atoms. The van der Waals surface area contributed by atoms with Crippen molar-refractivity contribution in [2.45, 2.75) is 55.6 Å². The summed E-state index contributed by atoms with van der Waals surface area (Å²) in [6.45, 7) is 6.63. The van der Waals surface area contributed by atoms with Crippen LogP contribution in [-0.2, 0) is 9.16 Å². The van der Waals surface area contributed by atoms with Gasteiger partial charge in [0.1, 0.15) is 23.7 Å². The standard InChI is InChI=1S/C23H31N3O4SSi/c1-23(2,3)32(16-11-7-5-8-12-16,17-13-9-6-10-14-17)29-15-18-20(27)21(28)19(25-26-24)22(30-18)31-4/h5-14,18-22,27-28H,15H2,1-4H3/t18?,19-,20+,21+,22?/m0/s1. The van der Waals surface area contributed by atoms with Crippen molar-refractivity contribution < 1.29 is 19.4 Å². The minimum Gasteiger partial charge on any atom is -0.405 e. The summed E-state index contributed by atoms with van der Waals surface area (Å²) in [7, 11) is -2.81. The van der Waals surface area contributed by atoms with Crippen LogP contribution in [0.1, 0.15) is 20.8 Å². The van der Waals surface area contributed by atoms with E-state index < -0.39 is 38.1 Å². The molecule has 0 bridgehead atoms. The van der Waals surface area contributed by atoms with Crippen molar-refractivity contribution in [2.75, 3.05) is 12.9 Å². The Hall–Kier alpha value is -1.84. The van der Waals surface area contributed by atoms with Crippen LogP contribution in [0.4, 0.5) is 0 Å². The third-order valence-corrected chi connectivity index (χ3v) is 11.8. The molecule has 0 radical (unpaired) electrons. The van der Waals surface area contributed by atoms with Crippen LogP contribution in [0.5, 0.6) is 0 Å². The van der Waals surface area contributed by atoms with Gasteiger partial charge in [-0.05, 0) is 27.2 Å². The fourth-order valence-corrected chi connectivity index (χ4v) is 9.72. The van der Waals surface area contributed by atoms with E-state index >= 15 is 0 Å². The van der Waals surface area contributed by atoms with E-state index in [-0.39, 0.29) is 11.6 Å². The molecule has 0 aliphatic carbocycles. The number of benzene rings is 2. The van der Waals surface area contributed by atoms with Crippen LogP contribution in [0.2, 0.25) is 5.04 Å². The largest absolute Gasteiger partial charge is 0.405 e. The number of nitrogens with zero attached hydrogens (tertiary/aromatic N) is 3. The summed E-state index contributed by atoms with van der Waals surface area (Å²) in [4.78, 5) is 2.80. The van der Waals surface area contributed by atoms with Gasteiger partial charge in [0.25, 0.3) is 8.32 Å². The first-order valence-corrected chi connectivity index (χ1v) is 13.8. The van der Waals surface area contributed by atoms with Gasteiger partial charge in [-0.2, -0.15) is 0 Å². The predicted octanol–water partition coefficient (Wildman–Crippen LogP) is 3.05. The number of hydrogen-bond acceptors (Lipinski definition) is 6. The zero-order valence-electron chi connectivity index (χ0n) is 18.8. The SMILES string of the molecule is CSC1OC(CO[Si](c2ccccc2)(c2ccccc2)C(C)(C)C)[C@@H](O)[C@H](O)[C@@H]1N=[N+]=[N-]. The number of thioether (sulfide) groups is 1. The highest BCUT2D eigenvalue weighted by Gasteiger charge is 2.52. The van der Waals surface area contributed by atoms with Gasteiger partial charge >= 0.3 is 0 Å². The highest BCUT2D eigenvalue weighted by molar-refractivity contribution is 7.99. The first-order valence-electron chi connectivity index (χ1n) is 10.6. The molecule has 0 amide bonds. The molecule has 2 aromatic rings. The van der Waals surface area contributed by atoms with Crippen molar-refractivity contribution in [3.63, 3.8) is 0 Å². The van der Waals surface area contributed by atoms with Crippen molar-refractivity contribution in [1.82, 2.24) is 0 Å². The molecule has 2 N–H and O–H groups in total. The van der Waals surface area contributed by atoms with E-state index in [1.807, 2.05) is 42.7 Å². The van der Waals surface area contributed by atoms with Crippen molar-refractivity contribution in [2.24, 2.45) is 5.11 Å². The molecule has 32 heavy (non-hydrogen) atoms. The van der Waals surface area contributed by atoms with E-state index in [1.165, 1.54) is 11.8 Å². The molecule has 1 aliphatic rings. The molecule has 7 nitrogen and oxygen atoms in total. The minimum absolute atomic E-state index is 0.103. The lowest BCUT2D eigenvalue weighted by Crippen LogP contribution is -2.68. The van der Waals surface area contributed by atoms with E-state index in [9.17, 15) is 10.2 Å². The summed E-state index contributed by atoms with van der Waals surface area (Å²) in [5, 5.41) is 27.0. The maximum absolute atomic E-state index is 10.8. The highest BCUT2D eigenvalue weighted by Crippen LogP contribution is 2.38. The second-order valence-corrected chi connectivity index (χ2v) is 14.2. The van der Waals surface area contributed by atoms with E-state index in [1.54, 1.807) is 0 Å². The lowest BCUT2D eigenvalue weighted by atomic mass is 9.99. The molecule has 3 rings (SSSR count). The molecule has 0 saturated carbocycles. The molecule has 1 aliphatic heterocycles. The summed E-state index contributed by atoms with van der Waals surface area (Å²) in [5.74, 6) is 0. The van der Waals surface area contributed by atoms with Crippen LogP contribution >= 0.6 is 11.8 Å². The third-order valence-electron chi connectivity index (χ3n) is 5.97. The molecule has 5 atom stereocenters. The van der Waals surface area contributed by atoms with E-state index in [4.69, 9.17) is 14.7 Å². The zero-order chi connectivity index (χ0) is 23.4. The maximum atomic E-state index is 10.8. The van der Waals surface area contributed by atoms with Crippen LogP contribution in [0.25, 0.3) is 10.4 Å². The Morgan fingerprint density at radius 1 is 1.03 bits per heavy atom. The number of hydrogen-bond donors (Lipinski definition) is 2. The maximum Gasteiger partial charge on any atom is 0.261 e. The Kier molecular flexibility index (Phi) is 8.05. The summed E-state index contributed by atoms with van der Waals surface area (Å²) >= 11 is 1.33. The first kappa shape index (κ1) is 24.8. The van der Waals surface area contributed by atoms with Crippen molar-refractivity contribution in [3.05, 3.63) is 71.1 Å². The minimum atomic E-state index is -2.81. The number of aliphatic hydroxyl groups excluding tert-OH is 2. The summed E-state index contributed by atoms with van der Waals surface area (Å²) < 4.78 is 12.9. The number of aliphatic hydroxyl groups is 2. The van der Waals surface area contributed by atoms with Gasteiger partial charge in [0, 0.05) is 4.91 Å². The van der Waals surface area contributed by atoms with Crippen LogP contribution < -0.4 is 10.4 Å². The second-order valence-electron chi connectivity index (χ2n) is 8.93. The van der Waals surface area contributed by atoms with E-state index in [2.05, 4.69) is 55.1 Å². The molecule has 1 heterocycles. The van der Waals surface area contributed by atoms with Gasteiger partial charge in [-0.25, -0.2) is 0 Å². The normalized spacial score (nSPS) is 26.4. The molecule has 172 valence electrons. The molecular formula is C23H31N3O4SSi. The van der Waals surface area contributed by atoms with Gasteiger partial charge in [0.15, 0.2) is 0 Å². The van der Waals surface area contributed by atoms with E-state index in [0.29, 0.717) is 0 Å². The van der Waals surface area contributed by atoms with Crippen LogP contribution in [-0.4, -0.2) is 61.2 Å². The average Bonchev–Trinajstić information content (AvgIpc) is 2.79. The topological polar surface area (TPSA) is 108 Å². The smallest absolute Gasteiger partial charge is 0.261 e. The fraction of sp³-hybridized carbons (Fsp3) is 0.478. The number of ether oxygens (including phenoxy) is 1. The van der Waals surface area contributed by atoms with Gasteiger partial charge in [-0.1, -0.05) is 86.5 Å². The molecule has 9 heteroatoms. The summed E-state index contributed by atoms with van der Waals surface area (Å²) in [6, 6.07) is 19.5. The monoisotopic (exact) mass is 473 g/mol. The molecule has 2 aromatic carbocycles. The van der Waals surface area contributed by atoms with Crippen molar-refractivity contribution in [1.29, 1.82) is 0 Å². The fourth-order valence-electron chi connectivity index (χ4n) is 4.40. The Morgan fingerprint density at radius 2 is 1.56 bits per heavy atom. The van der Waals surface area contributed by atoms with Crippen molar-refractivity contribution >= 4 is 30.5 Å². The second kappa shape index (κ2) is 10.4. The Bertz CT molecular complexity index is 880. The molecular weight excluding hydrogens is 442 g/mol. The molecule has 1 saturated heterocycles. The van der Waals surface area contributed by atoms with Crippen LogP contribution in [0.3, 0.4) is 0 Å². The van der Waals surface area contributed by atoms with Gasteiger partial charge in [-0.3, -0.25) is 0 Å². The Morgan fingerprint density at radius 3 is 2.00 bits per heavy atom. The predicted molar refractivity (Wildman–Crippen MR) is 131 cm³/mol. The van der Waals surface area contributed by atoms with E-state index in [0.717, 1.165) is 10.4 Å². The average molecular weight is 474 g/mol. The highest BCUT2D eigenvalue weighted by atomic mass is 32.2. The third kappa shape index (κ3) is 4.74. The lowest BCUT2D eigenvalue weighted by Gasteiger charge is -2.46. The molecule has 2 unspecified atom stereocenters. The van der Waals surface area contributed by atoms with Gasteiger partial charge < -0.3 is 19.4 Å². The molecule has 0 aromatic heterocycles. The number of rotatable bonds is 7. The first-order chi connectivity index (χ1) is 15.3. The Balaban J connectivity index is 1.99. The summed E-state index contributed by atoms with van der Waals surface area (Å²) in [5.41, 5.74) is 8.26. The Labute approximate surface area is 194 Å². The van der Waals surface area contributed by atoms with Crippen LogP contribution in [0, 0.1) is 0 Å². The van der Waals surface area contributed by atoms with Gasteiger partial charge in [-0.15, -0.1) is 11.8 Å². The van der Waals surface area contributed by atoms with Gasteiger partial charge in [0.2, 0.25) is 0 Å². The van der Waals surface area contributed by atoms with Crippen LogP contribution in [0.15, 0.2) is 65.8 Å². The summed E-state index contributed by atoms with van der Waals surface area (Å²) in [6.07, 6.45) is -1.40. The number of azide groups is 1. The quantitative estimate of drug-likeness (QED) is 0.278. The zero-order valence-corrected chi connectivity index (χ0v) is 20.6. The van der Waals surface area contributed by atoms with Crippen molar-refractivity contribution in [3.8, 4) is 0 Å².